The van der Waals surface area contributed by atoms with Crippen LogP contribution in [0.4, 0.5) is 0 Å². The van der Waals surface area contributed by atoms with Gasteiger partial charge in [-0.1, -0.05) is 36.8 Å². The van der Waals surface area contributed by atoms with Crippen molar-refractivity contribution in [1.29, 1.82) is 0 Å². The van der Waals surface area contributed by atoms with Gasteiger partial charge in [0.2, 0.25) is 0 Å². The molecule has 18 heavy (non-hydrogen) atoms. The van der Waals surface area contributed by atoms with E-state index in [9.17, 15) is 8.42 Å². The molecule has 0 bridgehead atoms. The van der Waals surface area contributed by atoms with E-state index in [-0.39, 0.29) is 6.04 Å². The smallest absolute Gasteiger partial charge is 0.198 e. The Kier molecular flexibility index (Phi) is 4.37. The van der Waals surface area contributed by atoms with Gasteiger partial charge in [-0.25, -0.2) is 0 Å². The van der Waals surface area contributed by atoms with Crippen molar-refractivity contribution < 1.29 is 8.42 Å². The van der Waals surface area contributed by atoms with Crippen molar-refractivity contribution >= 4 is 10.2 Å². The molecule has 0 unspecified atom stereocenters. The van der Waals surface area contributed by atoms with E-state index in [0.717, 1.165) is 24.8 Å². The lowest BCUT2D eigenvalue weighted by atomic mass is 10.1. The fourth-order valence-corrected chi connectivity index (χ4v) is 3.75. The van der Waals surface area contributed by atoms with Crippen LogP contribution in [0.25, 0.3) is 0 Å². The quantitative estimate of drug-likeness (QED) is 0.906. The molecule has 0 aromatic heterocycles. The Morgan fingerprint density at radius 2 is 2.00 bits per heavy atom. The highest BCUT2D eigenvalue weighted by Crippen LogP contribution is 2.19. The lowest BCUT2D eigenvalue weighted by Gasteiger charge is -2.32. The fraction of sp³-hybridized carbons (Fsp3) is 0.538. The molecule has 0 aliphatic carbocycles. The van der Waals surface area contributed by atoms with Crippen LogP contribution in [0.5, 0.6) is 0 Å². The summed E-state index contributed by atoms with van der Waals surface area (Å²) >= 11 is 0. The molecule has 1 aliphatic rings. The van der Waals surface area contributed by atoms with E-state index >= 15 is 0 Å². The molecule has 1 aliphatic heterocycles. The standard InChI is InChI=1S/C13H20N2O2S/c1-12-7-5-6-10-15(12)18(16,17)14-11-13-8-3-2-4-9-13/h2-4,8-9,12,14H,5-7,10-11H2,1H3/t12-/m1/s1. The Morgan fingerprint density at radius 3 is 2.67 bits per heavy atom. The van der Waals surface area contributed by atoms with Crippen molar-refractivity contribution in [2.24, 2.45) is 0 Å². The Labute approximate surface area is 109 Å². The van der Waals surface area contributed by atoms with Crippen molar-refractivity contribution in [2.45, 2.75) is 38.8 Å². The molecule has 0 radical (unpaired) electrons. The van der Waals surface area contributed by atoms with Gasteiger partial charge in [0.25, 0.3) is 10.2 Å². The summed E-state index contributed by atoms with van der Waals surface area (Å²) in [6.45, 7) is 2.96. The average molecular weight is 268 g/mol. The third-order valence-corrected chi connectivity index (χ3v) is 5.02. The minimum absolute atomic E-state index is 0.104. The number of rotatable bonds is 4. The van der Waals surface area contributed by atoms with Crippen LogP contribution in [-0.2, 0) is 16.8 Å². The van der Waals surface area contributed by atoms with E-state index in [4.69, 9.17) is 0 Å². The number of hydrogen-bond acceptors (Lipinski definition) is 2. The van der Waals surface area contributed by atoms with Gasteiger partial charge in [0.15, 0.2) is 0 Å². The van der Waals surface area contributed by atoms with Gasteiger partial charge in [0.1, 0.15) is 0 Å². The highest BCUT2D eigenvalue weighted by Gasteiger charge is 2.28. The third kappa shape index (κ3) is 3.31. The Balaban J connectivity index is 1.99. The molecule has 1 N–H and O–H groups in total. The van der Waals surface area contributed by atoms with Gasteiger partial charge in [0, 0.05) is 19.1 Å². The maximum Gasteiger partial charge on any atom is 0.279 e. The Morgan fingerprint density at radius 1 is 1.28 bits per heavy atom. The highest BCUT2D eigenvalue weighted by atomic mass is 32.2. The molecule has 2 rings (SSSR count). The number of nitrogens with zero attached hydrogens (tertiary/aromatic N) is 1. The summed E-state index contributed by atoms with van der Waals surface area (Å²) in [5.74, 6) is 0. The summed E-state index contributed by atoms with van der Waals surface area (Å²) < 4.78 is 28.6. The highest BCUT2D eigenvalue weighted by molar-refractivity contribution is 7.87. The van der Waals surface area contributed by atoms with E-state index in [1.165, 1.54) is 0 Å². The maximum absolute atomic E-state index is 12.2. The Hall–Kier alpha value is -0.910. The molecular formula is C13H20N2O2S. The van der Waals surface area contributed by atoms with Gasteiger partial charge in [-0.2, -0.15) is 17.4 Å². The Bertz CT molecular complexity index is 473. The van der Waals surface area contributed by atoms with Gasteiger partial charge in [-0.3, -0.25) is 0 Å². The van der Waals surface area contributed by atoms with Crippen molar-refractivity contribution in [3.63, 3.8) is 0 Å². The molecular weight excluding hydrogens is 248 g/mol. The molecule has 0 amide bonds. The fourth-order valence-electron chi connectivity index (χ4n) is 2.28. The van der Waals surface area contributed by atoms with Crippen molar-refractivity contribution in [2.75, 3.05) is 6.54 Å². The van der Waals surface area contributed by atoms with E-state index in [0.29, 0.717) is 13.1 Å². The molecule has 1 heterocycles. The minimum atomic E-state index is -3.35. The van der Waals surface area contributed by atoms with E-state index < -0.39 is 10.2 Å². The maximum atomic E-state index is 12.2. The second-order valence-corrected chi connectivity index (χ2v) is 6.48. The second kappa shape index (κ2) is 5.82. The molecule has 0 saturated carbocycles. The first kappa shape index (κ1) is 13.5. The molecule has 1 saturated heterocycles. The lowest BCUT2D eigenvalue weighted by Crippen LogP contribution is -2.47. The monoisotopic (exact) mass is 268 g/mol. The van der Waals surface area contributed by atoms with Crippen LogP contribution in [0.1, 0.15) is 31.7 Å². The first-order valence-corrected chi connectivity index (χ1v) is 7.84. The van der Waals surface area contributed by atoms with Crippen molar-refractivity contribution in [3.05, 3.63) is 35.9 Å². The first-order chi connectivity index (χ1) is 8.59. The summed E-state index contributed by atoms with van der Waals surface area (Å²) in [5.41, 5.74) is 0.978. The van der Waals surface area contributed by atoms with Crippen LogP contribution in [0.15, 0.2) is 30.3 Å². The predicted molar refractivity (Wildman–Crippen MR) is 72.2 cm³/mol. The van der Waals surface area contributed by atoms with Gasteiger partial charge in [-0.05, 0) is 25.3 Å². The van der Waals surface area contributed by atoms with Crippen LogP contribution in [0, 0.1) is 0 Å². The van der Waals surface area contributed by atoms with Crippen LogP contribution in [-0.4, -0.2) is 25.3 Å². The van der Waals surface area contributed by atoms with Gasteiger partial charge in [-0.15, -0.1) is 0 Å². The normalized spacial score (nSPS) is 21.9. The van der Waals surface area contributed by atoms with E-state index in [1.807, 2.05) is 37.3 Å². The number of hydrogen-bond donors (Lipinski definition) is 1. The second-order valence-electron chi connectivity index (χ2n) is 4.77. The molecule has 1 atom stereocenters. The topological polar surface area (TPSA) is 49.4 Å². The number of piperidine rings is 1. The summed E-state index contributed by atoms with van der Waals surface area (Å²) in [5, 5.41) is 0. The van der Waals surface area contributed by atoms with E-state index in [1.54, 1.807) is 4.31 Å². The van der Waals surface area contributed by atoms with Crippen LogP contribution in [0.3, 0.4) is 0 Å². The third-order valence-electron chi connectivity index (χ3n) is 3.35. The van der Waals surface area contributed by atoms with Crippen LogP contribution < -0.4 is 4.72 Å². The van der Waals surface area contributed by atoms with Crippen molar-refractivity contribution in [3.8, 4) is 0 Å². The molecule has 1 aromatic carbocycles. The van der Waals surface area contributed by atoms with E-state index in [2.05, 4.69) is 4.72 Å². The SMILES string of the molecule is C[C@@H]1CCCCN1S(=O)(=O)NCc1ccccc1. The molecule has 100 valence electrons. The van der Waals surface area contributed by atoms with Crippen LogP contribution >= 0.6 is 0 Å². The molecule has 4 nitrogen and oxygen atoms in total. The van der Waals surface area contributed by atoms with Crippen molar-refractivity contribution in [1.82, 2.24) is 9.03 Å². The zero-order chi connectivity index (χ0) is 13.0. The van der Waals surface area contributed by atoms with Gasteiger partial charge < -0.3 is 0 Å². The van der Waals surface area contributed by atoms with Gasteiger partial charge >= 0.3 is 0 Å². The average Bonchev–Trinajstić information content (AvgIpc) is 2.38. The molecule has 1 aromatic rings. The first-order valence-electron chi connectivity index (χ1n) is 6.40. The molecule has 1 fully saturated rings. The predicted octanol–water partition coefficient (Wildman–Crippen LogP) is 1.90. The lowest BCUT2D eigenvalue weighted by molar-refractivity contribution is 0.265. The zero-order valence-corrected chi connectivity index (χ0v) is 11.5. The minimum Gasteiger partial charge on any atom is -0.198 e. The molecule has 5 heteroatoms. The number of nitrogens with one attached hydrogen (secondary N) is 1. The summed E-state index contributed by atoms with van der Waals surface area (Å²) in [4.78, 5) is 0. The summed E-state index contributed by atoms with van der Waals surface area (Å²) in [7, 11) is -3.35. The largest absolute Gasteiger partial charge is 0.279 e. The number of benzene rings is 1. The zero-order valence-electron chi connectivity index (χ0n) is 10.7. The van der Waals surface area contributed by atoms with Crippen LogP contribution in [0.2, 0.25) is 0 Å². The molecule has 0 spiro atoms. The summed E-state index contributed by atoms with van der Waals surface area (Å²) in [6, 6.07) is 9.68. The van der Waals surface area contributed by atoms with Gasteiger partial charge in [0.05, 0.1) is 0 Å². The summed E-state index contributed by atoms with van der Waals surface area (Å²) in [6.07, 6.45) is 3.02.